The molecule has 0 aromatic rings. The fourth-order valence-corrected chi connectivity index (χ4v) is 3.54. The Balaban J connectivity index is 1.89. The number of hydrogen-bond acceptors (Lipinski definition) is 3. The smallest absolute Gasteiger partial charge is 0.137 e. The SMILES string of the molecule is COC1CCN(CC2CC(C(C)(C)C)CCC2=O)C1. The van der Waals surface area contributed by atoms with E-state index in [2.05, 4.69) is 25.7 Å². The molecule has 3 nitrogen and oxygen atoms in total. The lowest BCUT2D eigenvalue weighted by molar-refractivity contribution is -0.127. The quantitative estimate of drug-likeness (QED) is 0.787. The van der Waals surface area contributed by atoms with Gasteiger partial charge >= 0.3 is 0 Å². The molecule has 1 saturated carbocycles. The Morgan fingerprint density at radius 3 is 2.63 bits per heavy atom. The lowest BCUT2D eigenvalue weighted by atomic mass is 9.68. The minimum atomic E-state index is 0.258. The molecule has 3 unspecified atom stereocenters. The standard InChI is InChI=1S/C16H29NO2/c1-16(2,3)13-5-6-15(18)12(9-13)10-17-8-7-14(11-17)19-4/h12-14H,5-11H2,1-4H3. The molecule has 110 valence electrons. The highest BCUT2D eigenvalue weighted by Crippen LogP contribution is 2.39. The number of ether oxygens (including phenoxy) is 1. The second-order valence-corrected chi connectivity index (χ2v) is 7.41. The summed E-state index contributed by atoms with van der Waals surface area (Å²) in [6.07, 6.45) is 4.43. The molecule has 1 aliphatic carbocycles. The van der Waals surface area contributed by atoms with Crippen LogP contribution < -0.4 is 0 Å². The molecule has 1 heterocycles. The van der Waals surface area contributed by atoms with Gasteiger partial charge in [-0.2, -0.15) is 0 Å². The van der Waals surface area contributed by atoms with Crippen LogP contribution in [0.2, 0.25) is 0 Å². The lowest BCUT2D eigenvalue weighted by Gasteiger charge is -2.38. The van der Waals surface area contributed by atoms with Gasteiger partial charge in [0.2, 0.25) is 0 Å². The van der Waals surface area contributed by atoms with Crippen molar-refractivity contribution in [3.8, 4) is 0 Å². The molecule has 0 aromatic heterocycles. The van der Waals surface area contributed by atoms with E-state index in [1.807, 2.05) is 0 Å². The van der Waals surface area contributed by atoms with Crippen molar-refractivity contribution >= 4 is 5.78 Å². The Kier molecular flexibility index (Phi) is 4.67. The molecule has 1 saturated heterocycles. The third-order valence-electron chi connectivity index (χ3n) is 5.03. The Morgan fingerprint density at radius 1 is 1.32 bits per heavy atom. The average Bonchev–Trinajstić information content (AvgIpc) is 2.78. The topological polar surface area (TPSA) is 29.5 Å². The number of carbonyl (C=O) groups is 1. The van der Waals surface area contributed by atoms with E-state index in [0.717, 1.165) is 45.3 Å². The summed E-state index contributed by atoms with van der Waals surface area (Å²) in [5, 5.41) is 0. The van der Waals surface area contributed by atoms with Crippen molar-refractivity contribution < 1.29 is 9.53 Å². The van der Waals surface area contributed by atoms with E-state index >= 15 is 0 Å². The lowest BCUT2D eigenvalue weighted by Crippen LogP contribution is -2.38. The van der Waals surface area contributed by atoms with Crippen LogP contribution in [-0.2, 0) is 9.53 Å². The van der Waals surface area contributed by atoms with Gasteiger partial charge in [-0.05, 0) is 30.6 Å². The number of likely N-dealkylation sites (tertiary alicyclic amines) is 1. The molecule has 3 heteroatoms. The fourth-order valence-electron chi connectivity index (χ4n) is 3.54. The van der Waals surface area contributed by atoms with Crippen LogP contribution in [0.3, 0.4) is 0 Å². The first kappa shape index (κ1) is 15.0. The van der Waals surface area contributed by atoms with Gasteiger partial charge in [-0.25, -0.2) is 0 Å². The highest BCUT2D eigenvalue weighted by molar-refractivity contribution is 5.82. The summed E-state index contributed by atoms with van der Waals surface area (Å²) in [5.74, 6) is 1.44. The zero-order chi connectivity index (χ0) is 14.0. The first-order valence-corrected chi connectivity index (χ1v) is 7.68. The van der Waals surface area contributed by atoms with Crippen LogP contribution in [0.4, 0.5) is 0 Å². The van der Waals surface area contributed by atoms with Gasteiger partial charge in [0, 0.05) is 39.1 Å². The molecule has 0 bridgehead atoms. The maximum Gasteiger partial charge on any atom is 0.137 e. The molecule has 0 radical (unpaired) electrons. The number of rotatable bonds is 3. The predicted octanol–water partition coefficient (Wildman–Crippen LogP) is 2.74. The van der Waals surface area contributed by atoms with Crippen molar-refractivity contribution in [1.29, 1.82) is 0 Å². The summed E-state index contributed by atoms with van der Waals surface area (Å²) in [6.45, 7) is 9.96. The van der Waals surface area contributed by atoms with E-state index in [9.17, 15) is 4.79 Å². The Bertz CT molecular complexity index is 321. The summed E-state index contributed by atoms with van der Waals surface area (Å²) in [6, 6.07) is 0. The first-order valence-electron chi connectivity index (χ1n) is 7.68. The summed E-state index contributed by atoms with van der Waals surface area (Å²) >= 11 is 0. The van der Waals surface area contributed by atoms with Crippen LogP contribution in [0.25, 0.3) is 0 Å². The van der Waals surface area contributed by atoms with E-state index in [0.29, 0.717) is 23.2 Å². The molecule has 2 rings (SSSR count). The number of hydrogen-bond donors (Lipinski definition) is 0. The molecule has 0 amide bonds. The van der Waals surface area contributed by atoms with Gasteiger partial charge in [0.05, 0.1) is 6.10 Å². The van der Waals surface area contributed by atoms with Crippen LogP contribution in [0.15, 0.2) is 0 Å². The first-order chi connectivity index (χ1) is 8.90. The second kappa shape index (κ2) is 5.92. The summed E-state index contributed by atoms with van der Waals surface area (Å²) in [4.78, 5) is 14.6. The Hall–Kier alpha value is -0.410. The van der Waals surface area contributed by atoms with Crippen molar-refractivity contribution in [1.82, 2.24) is 4.90 Å². The largest absolute Gasteiger partial charge is 0.380 e. The zero-order valence-electron chi connectivity index (χ0n) is 12.9. The molecule has 3 atom stereocenters. The monoisotopic (exact) mass is 267 g/mol. The van der Waals surface area contributed by atoms with Gasteiger partial charge in [0.1, 0.15) is 5.78 Å². The molecule has 2 aliphatic rings. The van der Waals surface area contributed by atoms with E-state index in [1.54, 1.807) is 7.11 Å². The zero-order valence-corrected chi connectivity index (χ0v) is 12.9. The van der Waals surface area contributed by atoms with E-state index in [-0.39, 0.29) is 5.92 Å². The van der Waals surface area contributed by atoms with Gasteiger partial charge < -0.3 is 4.74 Å². The highest BCUT2D eigenvalue weighted by atomic mass is 16.5. The van der Waals surface area contributed by atoms with Gasteiger partial charge in [-0.15, -0.1) is 0 Å². The van der Waals surface area contributed by atoms with Crippen molar-refractivity contribution in [2.75, 3.05) is 26.7 Å². The number of ketones is 1. The number of carbonyl (C=O) groups excluding carboxylic acids is 1. The molecule has 1 aliphatic heterocycles. The van der Waals surface area contributed by atoms with E-state index in [1.165, 1.54) is 0 Å². The van der Waals surface area contributed by atoms with Crippen molar-refractivity contribution in [2.45, 2.75) is 52.6 Å². The van der Waals surface area contributed by atoms with Gasteiger partial charge in [0.15, 0.2) is 0 Å². The van der Waals surface area contributed by atoms with Crippen LogP contribution in [0, 0.1) is 17.3 Å². The summed E-state index contributed by atoms with van der Waals surface area (Å²) < 4.78 is 5.41. The second-order valence-electron chi connectivity index (χ2n) is 7.41. The van der Waals surface area contributed by atoms with Crippen LogP contribution >= 0.6 is 0 Å². The average molecular weight is 267 g/mol. The van der Waals surface area contributed by atoms with E-state index in [4.69, 9.17) is 4.74 Å². The fraction of sp³-hybridized carbons (Fsp3) is 0.938. The maximum absolute atomic E-state index is 12.1. The third-order valence-corrected chi connectivity index (χ3v) is 5.03. The molecule has 19 heavy (non-hydrogen) atoms. The number of methoxy groups -OCH3 is 1. The minimum Gasteiger partial charge on any atom is -0.380 e. The van der Waals surface area contributed by atoms with Crippen LogP contribution in [0.5, 0.6) is 0 Å². The van der Waals surface area contributed by atoms with Crippen molar-refractivity contribution in [3.63, 3.8) is 0 Å². The summed E-state index contributed by atoms with van der Waals surface area (Å²) in [7, 11) is 1.79. The molecule has 0 aromatic carbocycles. The Labute approximate surface area is 117 Å². The predicted molar refractivity (Wildman–Crippen MR) is 77.1 cm³/mol. The molecular weight excluding hydrogens is 238 g/mol. The van der Waals surface area contributed by atoms with Gasteiger partial charge in [-0.3, -0.25) is 9.69 Å². The molecule has 0 spiro atoms. The van der Waals surface area contributed by atoms with Crippen LogP contribution in [-0.4, -0.2) is 43.5 Å². The van der Waals surface area contributed by atoms with Crippen molar-refractivity contribution in [3.05, 3.63) is 0 Å². The summed E-state index contributed by atoms with van der Waals surface area (Å²) in [5.41, 5.74) is 0.332. The van der Waals surface area contributed by atoms with E-state index < -0.39 is 0 Å². The number of nitrogens with zero attached hydrogens (tertiary/aromatic N) is 1. The Morgan fingerprint density at radius 2 is 2.05 bits per heavy atom. The van der Waals surface area contributed by atoms with Gasteiger partial charge in [0.25, 0.3) is 0 Å². The van der Waals surface area contributed by atoms with Crippen LogP contribution in [0.1, 0.15) is 46.5 Å². The third kappa shape index (κ3) is 3.79. The highest BCUT2D eigenvalue weighted by Gasteiger charge is 2.36. The minimum absolute atomic E-state index is 0.258. The van der Waals surface area contributed by atoms with Gasteiger partial charge in [-0.1, -0.05) is 20.8 Å². The number of Topliss-reactive ketones (excluding diaryl/α,β-unsaturated/α-hetero) is 1. The van der Waals surface area contributed by atoms with Crippen molar-refractivity contribution in [2.24, 2.45) is 17.3 Å². The maximum atomic E-state index is 12.1. The molecule has 2 fully saturated rings. The molecular formula is C16H29NO2. The molecule has 0 N–H and O–H groups in total. The normalized spacial score (nSPS) is 33.9.